The molecule has 17 heteroatoms. The Bertz CT molecular complexity index is 2730. The molecular weight excluding hydrogens is 840 g/mol. The van der Waals surface area contributed by atoms with Crippen LogP contribution >= 0.6 is 11.6 Å². The number of nitriles is 4. The quantitative estimate of drug-likeness (QED) is 0.0884. The van der Waals surface area contributed by atoms with E-state index in [4.69, 9.17) is 50.9 Å². The van der Waals surface area contributed by atoms with E-state index in [0.29, 0.717) is 51.8 Å². The average Bonchev–Trinajstić information content (AvgIpc) is 4.02. The van der Waals surface area contributed by atoms with Crippen LogP contribution in [0.1, 0.15) is 40.8 Å². The van der Waals surface area contributed by atoms with E-state index in [1.165, 1.54) is 0 Å². The lowest BCUT2D eigenvalue weighted by Crippen LogP contribution is -2.12. The molecule has 0 saturated carbocycles. The first kappa shape index (κ1) is 47.0. The lowest BCUT2D eigenvalue weighted by atomic mass is 9.96. The molecule has 0 unspecified atom stereocenters. The number of rotatable bonds is 12. The minimum atomic E-state index is -0.147. The fraction of sp³-hybridized carbons (Fsp3) is 0.191. The van der Waals surface area contributed by atoms with Crippen LogP contribution in [-0.4, -0.2) is 60.1 Å². The maximum absolute atomic E-state index is 9.94. The van der Waals surface area contributed by atoms with E-state index in [1.54, 1.807) is 36.4 Å². The first-order chi connectivity index (χ1) is 30.9. The molecule has 0 saturated heterocycles. The zero-order chi connectivity index (χ0) is 44.6. The van der Waals surface area contributed by atoms with E-state index in [2.05, 4.69) is 33.5 Å². The number of ether oxygens (including phenoxy) is 6. The van der Waals surface area contributed by atoms with Gasteiger partial charge in [0, 0.05) is 24.2 Å². The summed E-state index contributed by atoms with van der Waals surface area (Å²) in [6.45, 7) is 1.16. The SMILES string of the molecule is C.N#Cc1c(Cl)nc(OCc2ccccc2)c(C#N)c1-c1ccc2c(c1)OCO2.N#Cc1c(NCCO)nc(OCc2ccccc2)c(C#N)c1-c1ccc2c(c1)OCO2.NCCO. The molecule has 324 valence electrons. The molecule has 0 bridgehead atoms. The molecule has 0 atom stereocenters. The molecule has 0 spiro atoms. The lowest BCUT2D eigenvalue weighted by Gasteiger charge is -2.16. The minimum absolute atomic E-state index is 0. The number of benzene rings is 4. The number of anilines is 1. The number of halogens is 1. The summed E-state index contributed by atoms with van der Waals surface area (Å²) in [5, 5.41) is 59.1. The normalized spacial score (nSPS) is 11.1. The summed E-state index contributed by atoms with van der Waals surface area (Å²) in [5.41, 5.74) is 9.07. The Morgan fingerprint density at radius 3 is 1.48 bits per heavy atom. The Morgan fingerprint density at radius 1 is 0.609 bits per heavy atom. The summed E-state index contributed by atoms with van der Waals surface area (Å²) in [6, 6.07) is 37.7. The zero-order valence-electron chi connectivity index (χ0n) is 33.4. The molecule has 64 heavy (non-hydrogen) atoms. The van der Waals surface area contributed by atoms with Crippen LogP contribution in [0.25, 0.3) is 22.3 Å². The van der Waals surface area contributed by atoms with Gasteiger partial charge in [-0.1, -0.05) is 91.8 Å². The Kier molecular flexibility index (Phi) is 17.0. The molecule has 2 aliphatic rings. The van der Waals surface area contributed by atoms with E-state index in [0.717, 1.165) is 11.1 Å². The van der Waals surface area contributed by atoms with Crippen LogP contribution < -0.4 is 39.5 Å². The highest BCUT2D eigenvalue weighted by atomic mass is 35.5. The molecule has 5 N–H and O–H groups in total. The van der Waals surface area contributed by atoms with E-state index < -0.39 is 0 Å². The van der Waals surface area contributed by atoms with Crippen molar-refractivity contribution in [3.63, 3.8) is 0 Å². The summed E-state index contributed by atoms with van der Waals surface area (Å²) >= 11 is 6.23. The van der Waals surface area contributed by atoms with Crippen molar-refractivity contribution in [2.24, 2.45) is 5.73 Å². The average molecular weight is 881 g/mol. The van der Waals surface area contributed by atoms with Gasteiger partial charge in [-0.25, -0.2) is 0 Å². The van der Waals surface area contributed by atoms with Crippen LogP contribution in [0.4, 0.5) is 5.82 Å². The van der Waals surface area contributed by atoms with Crippen molar-refractivity contribution in [2.75, 3.05) is 45.2 Å². The number of nitrogens with two attached hydrogens (primary N) is 1. The minimum Gasteiger partial charge on any atom is -0.472 e. The predicted molar refractivity (Wildman–Crippen MR) is 235 cm³/mol. The fourth-order valence-corrected chi connectivity index (χ4v) is 6.38. The molecule has 16 nitrogen and oxygen atoms in total. The van der Waals surface area contributed by atoms with Crippen LogP contribution in [-0.2, 0) is 13.2 Å². The van der Waals surface area contributed by atoms with Crippen molar-refractivity contribution >= 4 is 17.4 Å². The number of fused-ring (bicyclic) bond motifs is 2. The summed E-state index contributed by atoms with van der Waals surface area (Å²) in [7, 11) is 0. The number of nitrogens with one attached hydrogen (secondary N) is 1. The summed E-state index contributed by atoms with van der Waals surface area (Å²) in [4.78, 5) is 8.51. The zero-order valence-corrected chi connectivity index (χ0v) is 34.1. The molecule has 2 aliphatic heterocycles. The van der Waals surface area contributed by atoms with Crippen LogP contribution in [0, 0.1) is 45.3 Å². The second-order valence-corrected chi connectivity index (χ2v) is 13.4. The summed E-state index contributed by atoms with van der Waals surface area (Å²) in [5.74, 6) is 2.65. The Hall–Kier alpha value is -8.09. The van der Waals surface area contributed by atoms with Crippen molar-refractivity contribution in [1.82, 2.24) is 9.97 Å². The molecule has 4 aromatic carbocycles. The van der Waals surface area contributed by atoms with Crippen molar-refractivity contribution in [3.8, 4) is 81.3 Å². The highest BCUT2D eigenvalue weighted by Gasteiger charge is 2.26. The Morgan fingerprint density at radius 2 is 1.05 bits per heavy atom. The second-order valence-electron chi connectivity index (χ2n) is 13.0. The van der Waals surface area contributed by atoms with Gasteiger partial charge in [0.05, 0.1) is 18.8 Å². The smallest absolute Gasteiger partial charge is 0.234 e. The molecule has 0 radical (unpaired) electrons. The summed E-state index contributed by atoms with van der Waals surface area (Å²) < 4.78 is 33.2. The van der Waals surface area contributed by atoms with Gasteiger partial charge in [-0.3, -0.25) is 0 Å². The number of aliphatic hydroxyl groups excluding tert-OH is 2. The van der Waals surface area contributed by atoms with Crippen LogP contribution in [0.3, 0.4) is 0 Å². The second kappa shape index (κ2) is 23.2. The van der Waals surface area contributed by atoms with Gasteiger partial charge in [0.1, 0.15) is 60.0 Å². The molecule has 8 rings (SSSR count). The molecular formula is C47H41ClN8O8. The van der Waals surface area contributed by atoms with E-state index >= 15 is 0 Å². The highest BCUT2D eigenvalue weighted by molar-refractivity contribution is 6.31. The molecule has 0 aliphatic carbocycles. The van der Waals surface area contributed by atoms with Crippen molar-refractivity contribution in [1.29, 1.82) is 21.0 Å². The van der Waals surface area contributed by atoms with E-state index in [9.17, 15) is 26.2 Å². The van der Waals surface area contributed by atoms with Gasteiger partial charge in [0.25, 0.3) is 0 Å². The predicted octanol–water partition coefficient (Wildman–Crippen LogP) is 7.23. The highest BCUT2D eigenvalue weighted by Crippen LogP contribution is 2.43. The van der Waals surface area contributed by atoms with Gasteiger partial charge in [-0.05, 0) is 46.5 Å². The topological polar surface area (TPSA) is 255 Å². The Balaban J connectivity index is 0.000000220. The molecule has 4 heterocycles. The number of aromatic nitrogens is 2. The standard InChI is InChI=1S/C23H18N4O4.C21H12ClN3O3.C2H7NO.CH4/c24-11-17-21(16-6-7-19-20(10-16)31-14-30-19)18(12-25)23(27-22(17)26-8-9-28)29-13-15-4-2-1-3-5-15;22-20-15(9-23)19(14-6-7-17-18(8-14)28-12-27-17)16(10-24)21(25-20)26-11-13-4-2-1-3-5-13;3-1-2-4;/h1-7,10,28H,8-9,13-14H2,(H,26,27);1-8H,11-12H2;4H,1-3H2;1H4. The first-order valence-corrected chi connectivity index (χ1v) is 19.5. The number of nitrogens with zero attached hydrogens (tertiary/aromatic N) is 6. The maximum Gasteiger partial charge on any atom is 0.234 e. The van der Waals surface area contributed by atoms with E-state index in [1.807, 2.05) is 66.7 Å². The van der Waals surface area contributed by atoms with Gasteiger partial charge in [-0.2, -0.15) is 31.0 Å². The number of hydrogen-bond donors (Lipinski definition) is 4. The number of aliphatic hydroxyl groups is 2. The van der Waals surface area contributed by atoms with Gasteiger partial charge < -0.3 is 49.7 Å². The molecule has 0 fully saturated rings. The van der Waals surface area contributed by atoms with Crippen LogP contribution in [0.5, 0.6) is 34.8 Å². The fourth-order valence-electron chi connectivity index (χ4n) is 6.16. The third-order valence-corrected chi connectivity index (χ3v) is 9.30. The number of pyridine rings is 2. The first-order valence-electron chi connectivity index (χ1n) is 19.1. The van der Waals surface area contributed by atoms with Gasteiger partial charge >= 0.3 is 0 Å². The summed E-state index contributed by atoms with van der Waals surface area (Å²) in [6.07, 6.45) is 0. The third-order valence-electron chi connectivity index (χ3n) is 9.02. The largest absolute Gasteiger partial charge is 0.472 e. The number of hydrogen-bond acceptors (Lipinski definition) is 16. The molecule has 0 amide bonds. The van der Waals surface area contributed by atoms with Crippen LogP contribution in [0.15, 0.2) is 97.1 Å². The van der Waals surface area contributed by atoms with Crippen molar-refractivity contribution in [2.45, 2.75) is 20.6 Å². The molecule has 6 aromatic rings. The Labute approximate surface area is 374 Å². The van der Waals surface area contributed by atoms with Crippen LogP contribution in [0.2, 0.25) is 5.15 Å². The lowest BCUT2D eigenvalue weighted by molar-refractivity contribution is 0.173. The van der Waals surface area contributed by atoms with Crippen molar-refractivity contribution < 1.29 is 38.6 Å². The van der Waals surface area contributed by atoms with E-state index in [-0.39, 0.29) is 99.0 Å². The van der Waals surface area contributed by atoms with Gasteiger partial charge in [0.15, 0.2) is 28.2 Å². The van der Waals surface area contributed by atoms with Gasteiger partial charge in [-0.15, -0.1) is 0 Å². The third kappa shape index (κ3) is 11.0. The van der Waals surface area contributed by atoms with Crippen molar-refractivity contribution in [3.05, 3.63) is 136 Å². The van der Waals surface area contributed by atoms with Gasteiger partial charge in [0.2, 0.25) is 25.3 Å². The molecule has 2 aromatic heterocycles. The maximum atomic E-state index is 9.94. The monoisotopic (exact) mass is 880 g/mol.